The van der Waals surface area contributed by atoms with Crippen LogP contribution >= 0.6 is 24.2 Å². The number of benzene rings is 1. The van der Waals surface area contributed by atoms with E-state index >= 15 is 0 Å². The Bertz CT molecular complexity index is 629. The first kappa shape index (κ1) is 14.5. The molecule has 104 valence electrons. The van der Waals surface area contributed by atoms with Gasteiger partial charge in [-0.25, -0.2) is 13.1 Å². The van der Waals surface area contributed by atoms with Crippen LogP contribution in [0.2, 0.25) is 5.02 Å². The van der Waals surface area contributed by atoms with Crippen LogP contribution in [0.5, 0.6) is 0 Å². The minimum absolute atomic E-state index is 0.0906. The zero-order valence-corrected chi connectivity index (χ0v) is 12.7. The Morgan fingerprint density at radius 1 is 1.47 bits per heavy atom. The molecule has 1 aromatic carbocycles. The number of guanidine groups is 1. The minimum atomic E-state index is -3.71. The third-order valence-electron chi connectivity index (χ3n) is 2.66. The summed E-state index contributed by atoms with van der Waals surface area (Å²) >= 11 is 10.1. The number of hydrogen-bond donors (Lipinski definition) is 3. The van der Waals surface area contributed by atoms with Gasteiger partial charge in [0.1, 0.15) is 4.90 Å². The lowest BCUT2D eigenvalue weighted by atomic mass is 10.2. The van der Waals surface area contributed by atoms with Crippen molar-refractivity contribution < 1.29 is 8.42 Å². The van der Waals surface area contributed by atoms with Crippen molar-refractivity contribution in [3.63, 3.8) is 0 Å². The standard InChI is InChI=1S/C11H14ClN3O2S2/c1-7-5-10(9(18)6-8(7)12)19(16,17)15-11-13-3-2-4-14-11/h5-6,18H,2-4H2,1H3,(H2,13,14,15). The number of rotatable bonds is 2. The summed E-state index contributed by atoms with van der Waals surface area (Å²) in [7, 11) is -3.71. The SMILES string of the molecule is Cc1cc(S(=O)(=O)NC2=NCCCN2)c(S)cc1Cl. The zero-order valence-electron chi connectivity index (χ0n) is 10.3. The van der Waals surface area contributed by atoms with E-state index in [2.05, 4.69) is 27.7 Å². The molecular weight excluding hydrogens is 306 g/mol. The lowest BCUT2D eigenvalue weighted by Crippen LogP contribution is -2.43. The third-order valence-corrected chi connectivity index (χ3v) is 4.97. The molecule has 5 nitrogen and oxygen atoms in total. The molecule has 0 bridgehead atoms. The molecule has 1 aliphatic heterocycles. The average molecular weight is 320 g/mol. The number of nitrogens with zero attached hydrogens (tertiary/aromatic N) is 1. The first-order valence-electron chi connectivity index (χ1n) is 5.70. The van der Waals surface area contributed by atoms with Crippen molar-refractivity contribution in [2.75, 3.05) is 13.1 Å². The van der Waals surface area contributed by atoms with Crippen LogP contribution in [-0.4, -0.2) is 27.5 Å². The van der Waals surface area contributed by atoms with Gasteiger partial charge in [0.05, 0.1) is 0 Å². The second-order valence-corrected chi connectivity index (χ2v) is 6.73. The quantitative estimate of drug-likeness (QED) is 0.725. The summed E-state index contributed by atoms with van der Waals surface area (Å²) in [5.74, 6) is 0.270. The highest BCUT2D eigenvalue weighted by Crippen LogP contribution is 2.26. The van der Waals surface area contributed by atoms with E-state index in [4.69, 9.17) is 11.6 Å². The van der Waals surface area contributed by atoms with Gasteiger partial charge in [-0.3, -0.25) is 4.99 Å². The maximum absolute atomic E-state index is 12.3. The van der Waals surface area contributed by atoms with E-state index in [1.165, 1.54) is 12.1 Å². The Kier molecular flexibility index (Phi) is 4.27. The van der Waals surface area contributed by atoms with Gasteiger partial charge in [-0.15, -0.1) is 12.6 Å². The normalized spacial score (nSPS) is 15.6. The van der Waals surface area contributed by atoms with Crippen molar-refractivity contribution in [3.05, 3.63) is 22.7 Å². The fourth-order valence-electron chi connectivity index (χ4n) is 1.64. The molecule has 0 atom stereocenters. The number of hydrogen-bond acceptors (Lipinski definition) is 5. The van der Waals surface area contributed by atoms with Crippen LogP contribution in [0.3, 0.4) is 0 Å². The van der Waals surface area contributed by atoms with E-state index in [-0.39, 0.29) is 10.9 Å². The fraction of sp³-hybridized carbons (Fsp3) is 0.364. The van der Waals surface area contributed by atoms with Gasteiger partial charge in [0, 0.05) is 23.0 Å². The van der Waals surface area contributed by atoms with Gasteiger partial charge >= 0.3 is 0 Å². The van der Waals surface area contributed by atoms with E-state index < -0.39 is 10.0 Å². The van der Waals surface area contributed by atoms with E-state index in [1.807, 2.05) is 0 Å². The largest absolute Gasteiger partial charge is 0.356 e. The number of nitrogens with one attached hydrogen (secondary N) is 2. The molecule has 0 amide bonds. The molecule has 19 heavy (non-hydrogen) atoms. The van der Waals surface area contributed by atoms with Gasteiger partial charge in [0.25, 0.3) is 10.0 Å². The van der Waals surface area contributed by atoms with Crippen LogP contribution in [0.15, 0.2) is 26.9 Å². The Morgan fingerprint density at radius 3 is 2.84 bits per heavy atom. The number of halogens is 1. The Labute approximate surface area is 122 Å². The van der Waals surface area contributed by atoms with Crippen molar-refractivity contribution in [2.45, 2.75) is 23.1 Å². The Morgan fingerprint density at radius 2 is 2.21 bits per heavy atom. The Balaban J connectivity index is 2.34. The Hall–Kier alpha value is -0.920. The predicted molar refractivity (Wildman–Crippen MR) is 78.7 cm³/mol. The molecule has 0 aliphatic carbocycles. The molecule has 0 spiro atoms. The van der Waals surface area contributed by atoms with Crippen molar-refractivity contribution in [3.8, 4) is 0 Å². The molecule has 0 unspecified atom stereocenters. The van der Waals surface area contributed by atoms with Crippen LogP contribution in [-0.2, 0) is 10.0 Å². The van der Waals surface area contributed by atoms with Crippen LogP contribution in [0.4, 0.5) is 0 Å². The van der Waals surface area contributed by atoms with Crippen LogP contribution < -0.4 is 10.0 Å². The van der Waals surface area contributed by atoms with Gasteiger partial charge in [-0.05, 0) is 31.0 Å². The summed E-state index contributed by atoms with van der Waals surface area (Å²) in [6, 6.07) is 3.01. The maximum atomic E-state index is 12.3. The van der Waals surface area contributed by atoms with E-state index in [9.17, 15) is 8.42 Å². The molecule has 1 heterocycles. The first-order valence-corrected chi connectivity index (χ1v) is 8.01. The van der Waals surface area contributed by atoms with Gasteiger partial charge in [0.15, 0.2) is 0 Å². The monoisotopic (exact) mass is 319 g/mol. The highest BCUT2D eigenvalue weighted by molar-refractivity contribution is 7.91. The molecule has 0 fully saturated rings. The van der Waals surface area contributed by atoms with Crippen molar-refractivity contribution >= 4 is 40.2 Å². The number of aryl methyl sites for hydroxylation is 1. The summed E-state index contributed by atoms with van der Waals surface area (Å²) < 4.78 is 26.9. The van der Waals surface area contributed by atoms with E-state index in [1.54, 1.807) is 6.92 Å². The third kappa shape index (κ3) is 3.34. The predicted octanol–water partition coefficient (Wildman–Crippen LogP) is 1.56. The fourth-order valence-corrected chi connectivity index (χ4v) is 3.60. The lowest BCUT2D eigenvalue weighted by Gasteiger charge is -2.17. The summed E-state index contributed by atoms with van der Waals surface area (Å²) in [6.45, 7) is 3.05. The first-order chi connectivity index (χ1) is 8.90. The van der Waals surface area contributed by atoms with Gasteiger partial charge < -0.3 is 5.32 Å². The number of thiol groups is 1. The minimum Gasteiger partial charge on any atom is -0.356 e. The topological polar surface area (TPSA) is 70.6 Å². The van der Waals surface area contributed by atoms with E-state index in [0.29, 0.717) is 28.6 Å². The highest BCUT2D eigenvalue weighted by Gasteiger charge is 2.21. The summed E-state index contributed by atoms with van der Waals surface area (Å²) in [6.07, 6.45) is 0.892. The zero-order chi connectivity index (χ0) is 14.0. The molecule has 2 rings (SSSR count). The van der Waals surface area contributed by atoms with Crippen LogP contribution in [0.25, 0.3) is 0 Å². The highest BCUT2D eigenvalue weighted by atomic mass is 35.5. The molecule has 0 saturated heterocycles. The summed E-state index contributed by atoms with van der Waals surface area (Å²) in [4.78, 5) is 4.47. The molecule has 0 radical (unpaired) electrons. The van der Waals surface area contributed by atoms with Gasteiger partial charge in [0.2, 0.25) is 5.96 Å². The molecule has 0 aromatic heterocycles. The van der Waals surface area contributed by atoms with Crippen molar-refractivity contribution in [1.82, 2.24) is 10.0 Å². The molecule has 2 N–H and O–H groups in total. The molecule has 0 saturated carbocycles. The molecular formula is C11H14ClN3O2S2. The molecule has 1 aromatic rings. The maximum Gasteiger partial charge on any atom is 0.265 e. The van der Waals surface area contributed by atoms with Crippen LogP contribution in [0.1, 0.15) is 12.0 Å². The second kappa shape index (κ2) is 5.60. The van der Waals surface area contributed by atoms with Gasteiger partial charge in [-0.2, -0.15) is 0 Å². The lowest BCUT2D eigenvalue weighted by molar-refractivity contribution is 0.588. The average Bonchev–Trinajstić information content (AvgIpc) is 2.34. The summed E-state index contributed by atoms with van der Waals surface area (Å²) in [5.41, 5.74) is 0.679. The van der Waals surface area contributed by atoms with Crippen molar-refractivity contribution in [2.24, 2.45) is 4.99 Å². The van der Waals surface area contributed by atoms with Crippen molar-refractivity contribution in [1.29, 1.82) is 0 Å². The molecule has 8 heteroatoms. The van der Waals surface area contributed by atoms with Gasteiger partial charge in [-0.1, -0.05) is 11.6 Å². The van der Waals surface area contributed by atoms with Crippen LogP contribution in [0, 0.1) is 6.92 Å². The second-order valence-electron chi connectivity index (χ2n) is 4.19. The number of aliphatic imine (C=N–C) groups is 1. The summed E-state index contributed by atoms with van der Waals surface area (Å²) in [5, 5.41) is 3.38. The molecule has 1 aliphatic rings. The number of sulfonamides is 1. The smallest absolute Gasteiger partial charge is 0.265 e. The van der Waals surface area contributed by atoms with E-state index in [0.717, 1.165) is 6.42 Å².